The minimum absolute atomic E-state index is 0.650. The van der Waals surface area contributed by atoms with Gasteiger partial charge in [0.1, 0.15) is 11.6 Å². The van der Waals surface area contributed by atoms with Gasteiger partial charge in [-0.2, -0.15) is 0 Å². The molecule has 0 spiro atoms. The van der Waals surface area contributed by atoms with Crippen LogP contribution in [0.15, 0.2) is 103 Å². The van der Waals surface area contributed by atoms with Crippen molar-refractivity contribution < 1.29 is 4.74 Å². The molecule has 0 radical (unpaired) electrons. The third-order valence-electron chi connectivity index (χ3n) is 5.70. The van der Waals surface area contributed by atoms with Crippen LogP contribution in [-0.4, -0.2) is 21.4 Å². The van der Waals surface area contributed by atoms with Crippen LogP contribution in [0.4, 0.5) is 0 Å². The van der Waals surface area contributed by atoms with E-state index in [1.54, 1.807) is 0 Å². The molecule has 4 heteroatoms. The number of hydrogen-bond acceptors (Lipinski definition) is 3. The van der Waals surface area contributed by atoms with Gasteiger partial charge in [-0.15, -0.1) is 10.2 Å². The maximum Gasteiger partial charge on any atom is 0.168 e. The zero-order chi connectivity index (χ0) is 22.6. The molecule has 0 fully saturated rings. The molecule has 4 nitrogen and oxygen atoms in total. The first-order valence-electron chi connectivity index (χ1n) is 11.1. The van der Waals surface area contributed by atoms with Gasteiger partial charge in [0.15, 0.2) is 5.82 Å². The monoisotopic (exact) mass is 431 g/mol. The van der Waals surface area contributed by atoms with Crippen molar-refractivity contribution in [2.45, 2.75) is 13.8 Å². The summed E-state index contributed by atoms with van der Waals surface area (Å²) in [6.07, 6.45) is 0. The van der Waals surface area contributed by atoms with Gasteiger partial charge in [0.05, 0.1) is 6.61 Å². The second kappa shape index (κ2) is 9.13. The average Bonchev–Trinajstić information content (AvgIpc) is 3.27. The van der Waals surface area contributed by atoms with Gasteiger partial charge in [-0.05, 0) is 60.4 Å². The van der Waals surface area contributed by atoms with Crippen LogP contribution in [0, 0.1) is 6.92 Å². The Morgan fingerprint density at radius 1 is 0.606 bits per heavy atom. The van der Waals surface area contributed by atoms with Gasteiger partial charge in [-0.25, -0.2) is 0 Å². The van der Waals surface area contributed by atoms with Crippen molar-refractivity contribution in [3.63, 3.8) is 0 Å². The van der Waals surface area contributed by atoms with E-state index in [0.717, 1.165) is 28.6 Å². The van der Waals surface area contributed by atoms with E-state index in [4.69, 9.17) is 4.74 Å². The van der Waals surface area contributed by atoms with E-state index in [1.807, 2.05) is 44.2 Å². The summed E-state index contributed by atoms with van der Waals surface area (Å²) in [7, 11) is 0. The number of rotatable bonds is 6. The SMILES string of the molecule is CCOc1ccc(-n2c(C)nnc2-c2ccc(-c3ccc(-c4ccccc4)cc3)cc2)cc1. The zero-order valence-electron chi connectivity index (χ0n) is 18.8. The van der Waals surface area contributed by atoms with Crippen molar-refractivity contribution >= 4 is 0 Å². The van der Waals surface area contributed by atoms with Crippen molar-refractivity contribution in [3.8, 4) is 45.1 Å². The van der Waals surface area contributed by atoms with Crippen LogP contribution in [-0.2, 0) is 0 Å². The highest BCUT2D eigenvalue weighted by molar-refractivity contribution is 5.72. The van der Waals surface area contributed by atoms with Crippen LogP contribution in [0.2, 0.25) is 0 Å². The number of aryl methyl sites for hydroxylation is 1. The molecule has 1 aromatic heterocycles. The summed E-state index contributed by atoms with van der Waals surface area (Å²) < 4.78 is 7.64. The second-order valence-electron chi connectivity index (χ2n) is 7.85. The number of ether oxygens (including phenoxy) is 1. The highest BCUT2D eigenvalue weighted by Gasteiger charge is 2.13. The minimum atomic E-state index is 0.650. The molecule has 0 aliphatic carbocycles. The summed E-state index contributed by atoms with van der Waals surface area (Å²) >= 11 is 0. The third-order valence-corrected chi connectivity index (χ3v) is 5.70. The topological polar surface area (TPSA) is 39.9 Å². The molecule has 5 rings (SSSR count). The fourth-order valence-electron chi connectivity index (χ4n) is 4.01. The molecule has 0 atom stereocenters. The molecule has 0 unspecified atom stereocenters. The third kappa shape index (κ3) is 4.28. The average molecular weight is 432 g/mol. The first kappa shape index (κ1) is 20.7. The van der Waals surface area contributed by atoms with Gasteiger partial charge in [-0.3, -0.25) is 4.57 Å². The summed E-state index contributed by atoms with van der Waals surface area (Å²) in [6.45, 7) is 4.60. The van der Waals surface area contributed by atoms with Crippen molar-refractivity contribution in [2.24, 2.45) is 0 Å². The van der Waals surface area contributed by atoms with Gasteiger partial charge < -0.3 is 4.74 Å². The van der Waals surface area contributed by atoms with Gasteiger partial charge >= 0.3 is 0 Å². The highest BCUT2D eigenvalue weighted by atomic mass is 16.5. The van der Waals surface area contributed by atoms with Crippen LogP contribution in [0.3, 0.4) is 0 Å². The largest absolute Gasteiger partial charge is 0.494 e. The Morgan fingerprint density at radius 2 is 1.12 bits per heavy atom. The zero-order valence-corrected chi connectivity index (χ0v) is 18.8. The van der Waals surface area contributed by atoms with Crippen molar-refractivity contribution in [1.82, 2.24) is 14.8 Å². The maximum absolute atomic E-state index is 5.57. The fraction of sp³-hybridized carbons (Fsp3) is 0.103. The molecule has 0 aliphatic heterocycles. The normalized spacial score (nSPS) is 10.8. The number of benzene rings is 4. The molecule has 162 valence electrons. The standard InChI is InChI=1S/C29H25N3O/c1-3-33-28-19-17-27(18-20-28)32-21(2)30-31-29(32)26-15-13-25(14-16-26)24-11-9-23(10-12-24)22-7-5-4-6-8-22/h4-20H,3H2,1-2H3. The van der Waals surface area contributed by atoms with Crippen LogP contribution in [0.25, 0.3) is 39.3 Å². The summed E-state index contributed by atoms with van der Waals surface area (Å²) in [6, 6.07) is 35.6. The molecule has 0 saturated carbocycles. The van der Waals surface area contributed by atoms with Gasteiger partial charge in [-0.1, -0.05) is 78.9 Å². The second-order valence-corrected chi connectivity index (χ2v) is 7.85. The summed E-state index contributed by atoms with van der Waals surface area (Å²) in [5, 5.41) is 8.78. The van der Waals surface area contributed by atoms with Gasteiger partial charge in [0.2, 0.25) is 0 Å². The fourth-order valence-corrected chi connectivity index (χ4v) is 4.01. The molecule has 33 heavy (non-hydrogen) atoms. The van der Waals surface area contributed by atoms with Crippen LogP contribution in [0.1, 0.15) is 12.7 Å². The predicted molar refractivity (Wildman–Crippen MR) is 134 cm³/mol. The van der Waals surface area contributed by atoms with Gasteiger partial charge in [0.25, 0.3) is 0 Å². The lowest BCUT2D eigenvalue weighted by Gasteiger charge is -2.11. The molecule has 0 bridgehead atoms. The Kier molecular flexibility index (Phi) is 5.73. The van der Waals surface area contributed by atoms with E-state index < -0.39 is 0 Å². The first-order valence-corrected chi connectivity index (χ1v) is 11.1. The van der Waals surface area contributed by atoms with E-state index in [9.17, 15) is 0 Å². The summed E-state index contributed by atoms with van der Waals surface area (Å²) in [4.78, 5) is 0. The molecule has 0 amide bonds. The summed E-state index contributed by atoms with van der Waals surface area (Å²) in [5.41, 5.74) is 6.83. The summed E-state index contributed by atoms with van der Waals surface area (Å²) in [5.74, 6) is 2.52. The van der Waals surface area contributed by atoms with Gasteiger partial charge in [0, 0.05) is 11.3 Å². The van der Waals surface area contributed by atoms with E-state index in [-0.39, 0.29) is 0 Å². The lowest BCUT2D eigenvalue weighted by molar-refractivity contribution is 0.340. The molecular weight excluding hydrogens is 406 g/mol. The maximum atomic E-state index is 5.57. The molecule has 4 aromatic carbocycles. The highest BCUT2D eigenvalue weighted by Crippen LogP contribution is 2.28. The van der Waals surface area contributed by atoms with E-state index in [0.29, 0.717) is 6.61 Å². The van der Waals surface area contributed by atoms with E-state index >= 15 is 0 Å². The number of nitrogens with zero attached hydrogens (tertiary/aromatic N) is 3. The molecule has 0 aliphatic rings. The van der Waals surface area contributed by atoms with Crippen LogP contribution in [0.5, 0.6) is 5.75 Å². The molecular formula is C29H25N3O. The van der Waals surface area contributed by atoms with Crippen molar-refractivity contribution in [2.75, 3.05) is 6.61 Å². The molecule has 0 saturated heterocycles. The Balaban J connectivity index is 1.41. The van der Waals surface area contributed by atoms with E-state index in [1.165, 1.54) is 22.3 Å². The molecule has 5 aromatic rings. The van der Waals surface area contributed by atoms with Crippen LogP contribution >= 0.6 is 0 Å². The first-order chi connectivity index (χ1) is 16.2. The van der Waals surface area contributed by atoms with Crippen LogP contribution < -0.4 is 4.74 Å². The van der Waals surface area contributed by atoms with Crippen molar-refractivity contribution in [1.29, 1.82) is 0 Å². The Bertz CT molecular complexity index is 1340. The molecule has 1 heterocycles. The van der Waals surface area contributed by atoms with Crippen molar-refractivity contribution in [3.05, 3.63) is 109 Å². The lowest BCUT2D eigenvalue weighted by atomic mass is 9.99. The number of aromatic nitrogens is 3. The Hall–Kier alpha value is -4.18. The lowest BCUT2D eigenvalue weighted by Crippen LogP contribution is -2.00. The Labute approximate surface area is 194 Å². The predicted octanol–water partition coefficient (Wildman–Crippen LogP) is 6.98. The quantitative estimate of drug-likeness (QED) is 0.291. The minimum Gasteiger partial charge on any atom is -0.494 e. The molecule has 0 N–H and O–H groups in total. The smallest absolute Gasteiger partial charge is 0.168 e. The Morgan fingerprint density at radius 3 is 1.67 bits per heavy atom. The van der Waals surface area contributed by atoms with E-state index in [2.05, 4.69) is 87.6 Å². The number of hydrogen-bond donors (Lipinski definition) is 0.